The molecule has 0 bridgehead atoms. The summed E-state index contributed by atoms with van der Waals surface area (Å²) < 4.78 is 6.04. The van der Waals surface area contributed by atoms with E-state index >= 15 is 0 Å². The zero-order valence-electron chi connectivity index (χ0n) is 11.0. The highest BCUT2D eigenvalue weighted by atomic mass is 32.2. The Morgan fingerprint density at radius 1 is 1.59 bits per heavy atom. The second-order valence-electron chi connectivity index (χ2n) is 5.31. The van der Waals surface area contributed by atoms with Gasteiger partial charge in [-0.25, -0.2) is 0 Å². The Hall–Kier alpha value is 0.620. The number of rotatable bonds is 5. The second-order valence-corrected chi connectivity index (χ2v) is 7.69. The molecule has 1 N–H and O–H groups in total. The molecule has 3 atom stereocenters. The Morgan fingerprint density at radius 3 is 3.18 bits per heavy atom. The summed E-state index contributed by atoms with van der Waals surface area (Å²) in [4.78, 5) is 0. The first-order valence-electron chi connectivity index (χ1n) is 6.72. The minimum Gasteiger partial charge on any atom is -0.374 e. The van der Waals surface area contributed by atoms with Gasteiger partial charge in [0.1, 0.15) is 0 Å². The van der Waals surface area contributed by atoms with Crippen molar-refractivity contribution in [2.45, 2.75) is 49.5 Å². The van der Waals surface area contributed by atoms with Crippen molar-refractivity contribution in [3.8, 4) is 0 Å². The van der Waals surface area contributed by atoms with Crippen molar-refractivity contribution in [2.24, 2.45) is 0 Å². The van der Waals surface area contributed by atoms with Crippen molar-refractivity contribution in [1.29, 1.82) is 0 Å². The van der Waals surface area contributed by atoms with E-state index in [1.807, 2.05) is 11.8 Å². The van der Waals surface area contributed by atoms with Crippen molar-refractivity contribution in [3.63, 3.8) is 0 Å². The molecule has 2 aliphatic heterocycles. The molecule has 0 aromatic rings. The minimum absolute atomic E-state index is 0.228. The van der Waals surface area contributed by atoms with Crippen LogP contribution in [-0.4, -0.2) is 47.8 Å². The maximum absolute atomic E-state index is 6.04. The molecular weight excluding hydrogens is 250 g/mol. The fourth-order valence-corrected chi connectivity index (χ4v) is 4.41. The van der Waals surface area contributed by atoms with Crippen LogP contribution in [-0.2, 0) is 4.74 Å². The lowest BCUT2D eigenvalue weighted by molar-refractivity contribution is -0.0700. The third kappa shape index (κ3) is 4.05. The number of thioether (sulfide) groups is 2. The molecule has 1 spiro atoms. The number of hydrogen-bond donors (Lipinski definition) is 1. The molecule has 2 aliphatic rings. The van der Waals surface area contributed by atoms with Gasteiger partial charge in [-0.1, -0.05) is 6.92 Å². The summed E-state index contributed by atoms with van der Waals surface area (Å²) in [6.45, 7) is 4.43. The van der Waals surface area contributed by atoms with Gasteiger partial charge in [-0.3, -0.25) is 0 Å². The smallest absolute Gasteiger partial charge is 0.0795 e. The Bertz CT molecular complexity index is 231. The largest absolute Gasteiger partial charge is 0.374 e. The summed E-state index contributed by atoms with van der Waals surface area (Å²) in [7, 11) is 0. The van der Waals surface area contributed by atoms with E-state index in [2.05, 4.69) is 30.3 Å². The van der Waals surface area contributed by atoms with E-state index in [0.29, 0.717) is 6.04 Å². The molecule has 0 radical (unpaired) electrons. The summed E-state index contributed by atoms with van der Waals surface area (Å²) in [6.07, 6.45) is 7.16. The lowest BCUT2D eigenvalue weighted by atomic mass is 9.90. The average Bonchev–Trinajstić information content (AvgIpc) is 2.77. The normalized spacial score (nSPS) is 35.3. The van der Waals surface area contributed by atoms with Gasteiger partial charge in [0.15, 0.2) is 0 Å². The van der Waals surface area contributed by atoms with E-state index < -0.39 is 0 Å². The van der Waals surface area contributed by atoms with Crippen molar-refractivity contribution >= 4 is 23.5 Å². The zero-order chi connectivity index (χ0) is 12.1. The highest BCUT2D eigenvalue weighted by Crippen LogP contribution is 2.38. The van der Waals surface area contributed by atoms with Gasteiger partial charge in [0.25, 0.3) is 0 Å². The fraction of sp³-hybridized carbons (Fsp3) is 1.00. The molecule has 0 aromatic heterocycles. The molecule has 2 nitrogen and oxygen atoms in total. The van der Waals surface area contributed by atoms with E-state index in [0.717, 1.165) is 18.4 Å². The maximum Gasteiger partial charge on any atom is 0.0795 e. The number of ether oxygens (including phenoxy) is 1. The standard InChI is InChI=1S/C13H25NOS2/c1-11(16-2)3-6-14-12-4-7-15-13(9-12)5-8-17-10-13/h11-12,14H,3-10H2,1-2H3. The van der Waals surface area contributed by atoms with Crippen LogP contribution in [0.5, 0.6) is 0 Å². The molecule has 2 fully saturated rings. The molecule has 100 valence electrons. The van der Waals surface area contributed by atoms with Gasteiger partial charge in [0, 0.05) is 23.7 Å². The molecule has 0 aromatic carbocycles. The molecule has 2 heterocycles. The van der Waals surface area contributed by atoms with Crippen LogP contribution in [0.1, 0.15) is 32.6 Å². The van der Waals surface area contributed by atoms with Crippen molar-refractivity contribution in [1.82, 2.24) is 5.32 Å². The third-order valence-corrected chi connectivity index (χ3v) is 6.21. The summed E-state index contributed by atoms with van der Waals surface area (Å²) in [5.74, 6) is 2.50. The first kappa shape index (κ1) is 14.0. The van der Waals surface area contributed by atoms with Gasteiger partial charge < -0.3 is 10.1 Å². The van der Waals surface area contributed by atoms with Crippen LogP contribution in [0.25, 0.3) is 0 Å². The molecule has 0 amide bonds. The van der Waals surface area contributed by atoms with Gasteiger partial charge in [0.05, 0.1) is 5.60 Å². The van der Waals surface area contributed by atoms with Crippen molar-refractivity contribution < 1.29 is 4.74 Å². The summed E-state index contributed by atoms with van der Waals surface area (Å²) in [5, 5.41) is 4.51. The lowest BCUT2D eigenvalue weighted by Gasteiger charge is -2.38. The van der Waals surface area contributed by atoms with E-state index in [1.165, 1.54) is 37.2 Å². The summed E-state index contributed by atoms with van der Waals surface area (Å²) in [5.41, 5.74) is 0.228. The van der Waals surface area contributed by atoms with E-state index in [4.69, 9.17) is 4.74 Å². The topological polar surface area (TPSA) is 21.3 Å². The molecule has 2 rings (SSSR count). The predicted molar refractivity (Wildman–Crippen MR) is 79.2 cm³/mol. The van der Waals surface area contributed by atoms with Crippen LogP contribution >= 0.6 is 23.5 Å². The van der Waals surface area contributed by atoms with Gasteiger partial charge >= 0.3 is 0 Å². The lowest BCUT2D eigenvalue weighted by Crippen LogP contribution is -2.47. The van der Waals surface area contributed by atoms with Crippen LogP contribution in [0.3, 0.4) is 0 Å². The van der Waals surface area contributed by atoms with Crippen LogP contribution in [0.15, 0.2) is 0 Å². The van der Waals surface area contributed by atoms with Gasteiger partial charge in [0.2, 0.25) is 0 Å². The highest BCUT2D eigenvalue weighted by Gasteiger charge is 2.40. The monoisotopic (exact) mass is 275 g/mol. The molecule has 2 saturated heterocycles. The Kier molecular flexibility index (Phi) is 5.52. The molecule has 0 aliphatic carbocycles. The Balaban J connectivity index is 1.70. The molecular formula is C13H25NOS2. The second kappa shape index (κ2) is 6.69. The average molecular weight is 275 g/mol. The maximum atomic E-state index is 6.04. The van der Waals surface area contributed by atoms with Crippen molar-refractivity contribution in [3.05, 3.63) is 0 Å². The fourth-order valence-electron chi connectivity index (χ4n) is 2.67. The van der Waals surface area contributed by atoms with Crippen LogP contribution in [0.2, 0.25) is 0 Å². The molecule has 17 heavy (non-hydrogen) atoms. The summed E-state index contributed by atoms with van der Waals surface area (Å²) >= 11 is 4.02. The van der Waals surface area contributed by atoms with Crippen LogP contribution in [0.4, 0.5) is 0 Å². The highest BCUT2D eigenvalue weighted by molar-refractivity contribution is 7.99. The van der Waals surface area contributed by atoms with E-state index in [9.17, 15) is 0 Å². The van der Waals surface area contributed by atoms with Crippen LogP contribution in [0, 0.1) is 0 Å². The SMILES string of the molecule is CSC(C)CCNC1CCOC2(CCSC2)C1. The molecule has 0 saturated carbocycles. The number of hydrogen-bond acceptors (Lipinski definition) is 4. The van der Waals surface area contributed by atoms with E-state index in [1.54, 1.807) is 0 Å². The van der Waals surface area contributed by atoms with Gasteiger partial charge in [-0.15, -0.1) is 0 Å². The third-order valence-electron chi connectivity index (χ3n) is 3.95. The molecule has 3 unspecified atom stereocenters. The molecule has 4 heteroatoms. The predicted octanol–water partition coefficient (Wildman–Crippen LogP) is 2.77. The Labute approximate surface area is 114 Å². The van der Waals surface area contributed by atoms with Gasteiger partial charge in [-0.2, -0.15) is 23.5 Å². The number of nitrogens with one attached hydrogen (secondary N) is 1. The Morgan fingerprint density at radius 2 is 2.47 bits per heavy atom. The van der Waals surface area contributed by atoms with Gasteiger partial charge in [-0.05, 0) is 44.2 Å². The summed E-state index contributed by atoms with van der Waals surface area (Å²) in [6, 6.07) is 0.691. The van der Waals surface area contributed by atoms with E-state index in [-0.39, 0.29) is 5.60 Å². The quantitative estimate of drug-likeness (QED) is 0.832. The minimum atomic E-state index is 0.228. The zero-order valence-corrected chi connectivity index (χ0v) is 12.7. The van der Waals surface area contributed by atoms with Crippen LogP contribution < -0.4 is 5.32 Å². The first-order chi connectivity index (χ1) is 8.24. The first-order valence-corrected chi connectivity index (χ1v) is 9.16. The van der Waals surface area contributed by atoms with Crippen molar-refractivity contribution in [2.75, 3.05) is 30.9 Å².